The van der Waals surface area contributed by atoms with Gasteiger partial charge in [-0.25, -0.2) is 0 Å². The third-order valence-electron chi connectivity index (χ3n) is 3.32. The summed E-state index contributed by atoms with van der Waals surface area (Å²) in [6.07, 6.45) is 0. The van der Waals surface area contributed by atoms with Gasteiger partial charge in [-0.05, 0) is 36.4 Å². The van der Waals surface area contributed by atoms with Crippen molar-refractivity contribution in [2.75, 3.05) is 0 Å². The van der Waals surface area contributed by atoms with Crippen LogP contribution >= 0.6 is 31.9 Å². The summed E-state index contributed by atoms with van der Waals surface area (Å²) in [6.45, 7) is 0. The summed E-state index contributed by atoms with van der Waals surface area (Å²) in [7, 11) is 0. The monoisotopic (exact) mass is 442 g/mol. The van der Waals surface area contributed by atoms with E-state index < -0.39 is 0 Å². The van der Waals surface area contributed by atoms with Gasteiger partial charge >= 0.3 is 0 Å². The molecule has 0 aliphatic rings. The lowest BCUT2D eigenvalue weighted by atomic mass is 10.0. The number of hydrogen-bond donors (Lipinski definition) is 0. The van der Waals surface area contributed by atoms with Gasteiger partial charge < -0.3 is 0 Å². The second kappa shape index (κ2) is 7.64. The molecule has 0 spiro atoms. The maximum atomic E-state index is 12.7. The number of hydrogen-bond acceptors (Lipinski definition) is 3. The van der Waals surface area contributed by atoms with Crippen LogP contribution in [0, 0.1) is 0 Å². The smallest absolute Gasteiger partial charge is 0.195 e. The van der Waals surface area contributed by atoms with Crippen molar-refractivity contribution >= 4 is 49.0 Å². The molecule has 3 nitrogen and oxygen atoms in total. The first-order valence-corrected chi connectivity index (χ1v) is 8.79. The highest BCUT2D eigenvalue weighted by atomic mass is 79.9. The van der Waals surface area contributed by atoms with Gasteiger partial charge in [0, 0.05) is 14.5 Å². The van der Waals surface area contributed by atoms with Crippen LogP contribution in [-0.4, -0.2) is 5.78 Å². The Hall–Kier alpha value is -2.11. The average molecular weight is 444 g/mol. The van der Waals surface area contributed by atoms with Crippen LogP contribution in [0.3, 0.4) is 0 Å². The molecule has 3 aromatic rings. The van der Waals surface area contributed by atoms with Crippen molar-refractivity contribution in [3.05, 3.63) is 92.9 Å². The normalized spacial score (nSPS) is 10.9. The van der Waals surface area contributed by atoms with Gasteiger partial charge in [0.15, 0.2) is 5.78 Å². The van der Waals surface area contributed by atoms with Gasteiger partial charge in [0.1, 0.15) is 0 Å². The first-order chi connectivity index (χ1) is 11.6. The fraction of sp³-hybridized carbons (Fsp3) is 0. The van der Waals surface area contributed by atoms with Crippen LogP contribution in [0.15, 0.2) is 92.0 Å². The van der Waals surface area contributed by atoms with Gasteiger partial charge in [0.2, 0.25) is 0 Å². The number of ketones is 1. The summed E-state index contributed by atoms with van der Waals surface area (Å²) in [5.74, 6) is -0.0775. The van der Waals surface area contributed by atoms with Gasteiger partial charge in [-0.3, -0.25) is 4.79 Å². The molecule has 3 rings (SSSR count). The van der Waals surface area contributed by atoms with Gasteiger partial charge in [-0.2, -0.15) is 5.11 Å². The zero-order valence-electron chi connectivity index (χ0n) is 12.5. The molecule has 0 heterocycles. The predicted molar refractivity (Wildman–Crippen MR) is 102 cm³/mol. The highest BCUT2D eigenvalue weighted by Crippen LogP contribution is 2.29. The highest BCUT2D eigenvalue weighted by molar-refractivity contribution is 9.10. The summed E-state index contributed by atoms with van der Waals surface area (Å²) in [4.78, 5) is 12.7. The fourth-order valence-corrected chi connectivity index (χ4v) is 2.91. The lowest BCUT2D eigenvalue weighted by Crippen LogP contribution is -2.01. The molecule has 0 N–H and O–H groups in total. The number of carbonyl (C=O) groups is 1. The zero-order valence-corrected chi connectivity index (χ0v) is 15.7. The van der Waals surface area contributed by atoms with E-state index in [9.17, 15) is 4.79 Å². The number of benzene rings is 3. The van der Waals surface area contributed by atoms with Crippen molar-refractivity contribution in [3.63, 3.8) is 0 Å². The molecule has 0 atom stereocenters. The van der Waals surface area contributed by atoms with E-state index in [1.165, 1.54) is 0 Å². The molecule has 0 unspecified atom stereocenters. The maximum absolute atomic E-state index is 12.7. The van der Waals surface area contributed by atoms with Gasteiger partial charge in [0.05, 0.1) is 16.9 Å². The molecule has 0 aliphatic carbocycles. The van der Waals surface area contributed by atoms with E-state index >= 15 is 0 Å². The molecule has 0 aromatic heterocycles. The van der Waals surface area contributed by atoms with Gasteiger partial charge in [-0.15, -0.1) is 5.11 Å². The molecule has 5 heteroatoms. The topological polar surface area (TPSA) is 41.8 Å². The van der Waals surface area contributed by atoms with Crippen LogP contribution in [0.1, 0.15) is 15.9 Å². The van der Waals surface area contributed by atoms with Crippen molar-refractivity contribution in [1.29, 1.82) is 0 Å². The van der Waals surface area contributed by atoms with E-state index in [1.807, 2.05) is 48.5 Å². The number of azo groups is 1. The number of rotatable bonds is 4. The number of carbonyl (C=O) groups excluding carboxylic acids is 1. The van der Waals surface area contributed by atoms with Crippen LogP contribution in [-0.2, 0) is 0 Å². The minimum Gasteiger partial charge on any atom is -0.289 e. The second-order valence-electron chi connectivity index (χ2n) is 5.04. The van der Waals surface area contributed by atoms with Crippen LogP contribution in [0.25, 0.3) is 0 Å². The van der Waals surface area contributed by atoms with Gasteiger partial charge in [-0.1, -0.05) is 68.3 Å². The molecular formula is C19H12Br2N2O. The average Bonchev–Trinajstić information content (AvgIpc) is 2.60. The first-order valence-electron chi connectivity index (χ1n) is 7.20. The van der Waals surface area contributed by atoms with E-state index in [0.717, 1.165) is 8.95 Å². The molecule has 0 radical (unpaired) electrons. The van der Waals surface area contributed by atoms with Crippen LogP contribution < -0.4 is 0 Å². The Bertz CT molecular complexity index is 908. The molecule has 0 aliphatic heterocycles. The van der Waals surface area contributed by atoms with Crippen LogP contribution in [0.2, 0.25) is 0 Å². The van der Waals surface area contributed by atoms with Crippen molar-refractivity contribution in [2.45, 2.75) is 0 Å². The predicted octanol–water partition coefficient (Wildman–Crippen LogP) is 6.86. The third-order valence-corrected chi connectivity index (χ3v) is 4.31. The van der Waals surface area contributed by atoms with Crippen LogP contribution in [0.4, 0.5) is 11.4 Å². The fourth-order valence-electron chi connectivity index (χ4n) is 2.17. The Morgan fingerprint density at radius 1 is 0.750 bits per heavy atom. The summed E-state index contributed by atoms with van der Waals surface area (Å²) in [6, 6.07) is 22.0. The van der Waals surface area contributed by atoms with Crippen molar-refractivity contribution < 1.29 is 4.79 Å². The molecule has 3 aromatic carbocycles. The Morgan fingerprint density at radius 3 is 2.25 bits per heavy atom. The molecule has 24 heavy (non-hydrogen) atoms. The molecular weight excluding hydrogens is 432 g/mol. The Morgan fingerprint density at radius 2 is 1.50 bits per heavy atom. The standard InChI is InChI=1S/C19H12Br2N2O/c20-14-7-4-8-16(11-14)22-23-18-12-15(21)9-10-17(18)19(24)13-5-2-1-3-6-13/h1-12H. The van der Waals surface area contributed by atoms with Crippen molar-refractivity contribution in [3.8, 4) is 0 Å². The Kier molecular flexibility index (Phi) is 5.33. The van der Waals surface area contributed by atoms with Crippen molar-refractivity contribution in [2.24, 2.45) is 10.2 Å². The zero-order chi connectivity index (χ0) is 16.9. The van der Waals surface area contributed by atoms with Gasteiger partial charge in [0.25, 0.3) is 0 Å². The number of halogens is 2. The van der Waals surface area contributed by atoms with E-state index in [4.69, 9.17) is 0 Å². The first kappa shape index (κ1) is 16.7. The minimum absolute atomic E-state index is 0.0775. The molecule has 0 amide bonds. The summed E-state index contributed by atoms with van der Waals surface area (Å²) >= 11 is 6.82. The van der Waals surface area contributed by atoms with Crippen molar-refractivity contribution in [1.82, 2.24) is 0 Å². The molecule has 0 saturated carbocycles. The molecule has 118 valence electrons. The summed E-state index contributed by atoms with van der Waals surface area (Å²) in [5.41, 5.74) is 2.38. The van der Waals surface area contributed by atoms with E-state index in [-0.39, 0.29) is 5.78 Å². The van der Waals surface area contributed by atoms with E-state index in [2.05, 4.69) is 42.1 Å². The highest BCUT2D eigenvalue weighted by Gasteiger charge is 2.13. The SMILES string of the molecule is O=C(c1ccccc1)c1ccc(Br)cc1N=Nc1cccc(Br)c1. The Labute approximate surface area is 156 Å². The molecule has 0 fully saturated rings. The van der Waals surface area contributed by atoms with Crippen LogP contribution in [0.5, 0.6) is 0 Å². The summed E-state index contributed by atoms with van der Waals surface area (Å²) < 4.78 is 1.77. The quantitative estimate of drug-likeness (QED) is 0.320. The second-order valence-corrected chi connectivity index (χ2v) is 6.87. The third kappa shape index (κ3) is 4.04. The molecule has 0 bridgehead atoms. The lowest BCUT2D eigenvalue weighted by Gasteiger charge is -2.05. The Balaban J connectivity index is 1.98. The molecule has 0 saturated heterocycles. The summed E-state index contributed by atoms with van der Waals surface area (Å²) in [5, 5.41) is 8.52. The van der Waals surface area contributed by atoms with E-state index in [1.54, 1.807) is 24.3 Å². The maximum Gasteiger partial charge on any atom is 0.195 e. The largest absolute Gasteiger partial charge is 0.289 e. The lowest BCUT2D eigenvalue weighted by molar-refractivity contribution is 0.103. The van der Waals surface area contributed by atoms with E-state index in [0.29, 0.717) is 22.5 Å². The minimum atomic E-state index is -0.0775. The number of nitrogens with zero attached hydrogens (tertiary/aromatic N) is 2.